The van der Waals surface area contributed by atoms with Gasteiger partial charge >= 0.3 is 0 Å². The van der Waals surface area contributed by atoms with Crippen LogP contribution < -0.4 is 9.62 Å². The molecular formula is C22H30N2O3S. The van der Waals surface area contributed by atoms with E-state index >= 15 is 0 Å². The third-order valence-corrected chi connectivity index (χ3v) is 6.49. The van der Waals surface area contributed by atoms with Gasteiger partial charge in [-0.05, 0) is 56.0 Å². The Morgan fingerprint density at radius 1 is 1.00 bits per heavy atom. The van der Waals surface area contributed by atoms with Crippen molar-refractivity contribution in [1.29, 1.82) is 0 Å². The topological polar surface area (TPSA) is 66.5 Å². The maximum atomic E-state index is 12.8. The van der Waals surface area contributed by atoms with Crippen molar-refractivity contribution < 1.29 is 13.2 Å². The Hall–Kier alpha value is -2.34. The molecule has 0 saturated carbocycles. The van der Waals surface area contributed by atoms with Gasteiger partial charge < -0.3 is 5.32 Å². The van der Waals surface area contributed by atoms with Crippen LogP contribution in [0.1, 0.15) is 56.1 Å². The van der Waals surface area contributed by atoms with Gasteiger partial charge in [-0.15, -0.1) is 0 Å². The summed E-state index contributed by atoms with van der Waals surface area (Å²) >= 11 is 0. The van der Waals surface area contributed by atoms with Gasteiger partial charge in [0, 0.05) is 12.1 Å². The number of hydrogen-bond acceptors (Lipinski definition) is 3. The monoisotopic (exact) mass is 402 g/mol. The zero-order valence-corrected chi connectivity index (χ0v) is 17.9. The minimum Gasteiger partial charge on any atom is -0.345 e. The van der Waals surface area contributed by atoms with E-state index in [0.29, 0.717) is 23.7 Å². The van der Waals surface area contributed by atoms with Gasteiger partial charge in [0.15, 0.2) is 0 Å². The highest BCUT2D eigenvalue weighted by atomic mass is 32.2. The SMILES string of the molecule is CCN(c1ccc(C(=O)NC(CC(C)C)c2ccccc2)cc1)S(=O)(=O)CC. The first-order valence-electron chi connectivity index (χ1n) is 9.74. The first-order chi connectivity index (χ1) is 13.3. The van der Waals surface area contributed by atoms with Crippen LogP contribution in [-0.2, 0) is 10.0 Å². The minimum absolute atomic E-state index is 0.0387. The van der Waals surface area contributed by atoms with Gasteiger partial charge in [0.1, 0.15) is 0 Å². The van der Waals surface area contributed by atoms with Crippen molar-refractivity contribution in [3.8, 4) is 0 Å². The van der Waals surface area contributed by atoms with Crippen LogP contribution in [0.3, 0.4) is 0 Å². The summed E-state index contributed by atoms with van der Waals surface area (Å²) in [5.74, 6) is 0.310. The molecule has 2 aromatic carbocycles. The van der Waals surface area contributed by atoms with Crippen LogP contribution in [0.25, 0.3) is 0 Å². The van der Waals surface area contributed by atoms with E-state index in [2.05, 4.69) is 19.2 Å². The van der Waals surface area contributed by atoms with Crippen LogP contribution in [0.2, 0.25) is 0 Å². The second kappa shape index (κ2) is 9.73. The molecule has 0 spiro atoms. The van der Waals surface area contributed by atoms with Crippen LogP contribution in [-0.4, -0.2) is 26.6 Å². The van der Waals surface area contributed by atoms with Crippen LogP contribution in [0.5, 0.6) is 0 Å². The predicted molar refractivity (Wildman–Crippen MR) is 115 cm³/mol. The van der Waals surface area contributed by atoms with Crippen molar-refractivity contribution in [3.05, 3.63) is 65.7 Å². The van der Waals surface area contributed by atoms with Crippen molar-refractivity contribution >= 4 is 21.6 Å². The highest BCUT2D eigenvalue weighted by Gasteiger charge is 2.20. The second-order valence-electron chi connectivity index (χ2n) is 7.18. The summed E-state index contributed by atoms with van der Waals surface area (Å²) in [6.07, 6.45) is 0.839. The number of carbonyl (C=O) groups excluding carboxylic acids is 1. The quantitative estimate of drug-likeness (QED) is 0.677. The standard InChI is InChI=1S/C22H30N2O3S/c1-5-24(28(26,27)6-2)20-14-12-19(13-15-20)22(25)23-21(16-17(3)4)18-10-8-7-9-11-18/h7-15,17,21H,5-6,16H2,1-4H3,(H,23,25). The van der Waals surface area contributed by atoms with Crippen molar-refractivity contribution in [2.75, 3.05) is 16.6 Å². The van der Waals surface area contributed by atoms with E-state index in [1.54, 1.807) is 38.1 Å². The molecule has 1 amide bonds. The molecule has 0 aliphatic heterocycles. The molecule has 28 heavy (non-hydrogen) atoms. The molecule has 0 aliphatic rings. The average Bonchev–Trinajstić information content (AvgIpc) is 2.68. The van der Waals surface area contributed by atoms with Crippen LogP contribution >= 0.6 is 0 Å². The first-order valence-corrected chi connectivity index (χ1v) is 11.4. The molecule has 0 bridgehead atoms. The summed E-state index contributed by atoms with van der Waals surface area (Å²) in [5.41, 5.74) is 2.16. The number of amides is 1. The molecule has 0 heterocycles. The highest BCUT2D eigenvalue weighted by molar-refractivity contribution is 7.92. The Morgan fingerprint density at radius 3 is 2.11 bits per heavy atom. The van der Waals surface area contributed by atoms with E-state index in [9.17, 15) is 13.2 Å². The fourth-order valence-electron chi connectivity index (χ4n) is 3.15. The maximum Gasteiger partial charge on any atom is 0.251 e. The number of carbonyl (C=O) groups is 1. The lowest BCUT2D eigenvalue weighted by atomic mass is 9.96. The molecule has 0 fully saturated rings. The van der Waals surface area contributed by atoms with Crippen LogP contribution in [0, 0.1) is 5.92 Å². The number of hydrogen-bond donors (Lipinski definition) is 1. The molecule has 0 radical (unpaired) electrons. The Kier molecular flexibility index (Phi) is 7.63. The molecule has 1 N–H and O–H groups in total. The van der Waals surface area contributed by atoms with Gasteiger partial charge in [-0.2, -0.15) is 0 Å². The number of nitrogens with zero attached hydrogens (tertiary/aromatic N) is 1. The number of anilines is 1. The molecule has 6 heteroatoms. The largest absolute Gasteiger partial charge is 0.345 e. The zero-order chi connectivity index (χ0) is 20.7. The van der Waals surface area contributed by atoms with Crippen LogP contribution in [0.15, 0.2) is 54.6 Å². The van der Waals surface area contributed by atoms with Gasteiger partial charge in [-0.25, -0.2) is 8.42 Å². The molecule has 152 valence electrons. The molecule has 0 aliphatic carbocycles. The Balaban J connectivity index is 2.19. The summed E-state index contributed by atoms with van der Waals surface area (Å²) < 4.78 is 25.8. The summed E-state index contributed by atoms with van der Waals surface area (Å²) in [6, 6.07) is 16.6. The number of nitrogens with one attached hydrogen (secondary N) is 1. The summed E-state index contributed by atoms with van der Waals surface area (Å²) in [7, 11) is -3.33. The number of sulfonamides is 1. The molecule has 1 atom stereocenters. The van der Waals surface area contributed by atoms with Gasteiger partial charge in [0.2, 0.25) is 10.0 Å². The molecule has 2 aromatic rings. The number of rotatable bonds is 9. The third-order valence-electron chi connectivity index (χ3n) is 4.62. The fourth-order valence-corrected chi connectivity index (χ4v) is 4.30. The third kappa shape index (κ3) is 5.58. The lowest BCUT2D eigenvalue weighted by Gasteiger charge is -2.23. The molecule has 2 rings (SSSR count). The Morgan fingerprint density at radius 2 is 1.61 bits per heavy atom. The van der Waals surface area contributed by atoms with Gasteiger partial charge in [-0.3, -0.25) is 9.10 Å². The smallest absolute Gasteiger partial charge is 0.251 e. The summed E-state index contributed by atoms with van der Waals surface area (Å²) in [6.45, 7) is 8.03. The number of benzene rings is 2. The molecule has 1 unspecified atom stereocenters. The molecular weight excluding hydrogens is 372 g/mol. The average molecular weight is 403 g/mol. The fraction of sp³-hybridized carbons (Fsp3) is 0.409. The van der Waals surface area contributed by atoms with E-state index in [4.69, 9.17) is 0 Å². The predicted octanol–water partition coefficient (Wildman–Crippen LogP) is 4.38. The minimum atomic E-state index is -3.33. The van der Waals surface area contributed by atoms with E-state index < -0.39 is 10.0 Å². The van der Waals surface area contributed by atoms with E-state index in [1.165, 1.54) is 4.31 Å². The Bertz CT molecular complexity index is 862. The molecule has 0 saturated heterocycles. The van der Waals surface area contributed by atoms with Gasteiger partial charge in [0.05, 0.1) is 17.5 Å². The molecule has 5 nitrogen and oxygen atoms in total. The Labute approximate surface area is 168 Å². The van der Waals surface area contributed by atoms with Gasteiger partial charge in [0.25, 0.3) is 5.91 Å². The summed E-state index contributed by atoms with van der Waals surface area (Å²) in [4.78, 5) is 12.8. The van der Waals surface area contributed by atoms with Crippen molar-refractivity contribution in [2.24, 2.45) is 5.92 Å². The maximum absolute atomic E-state index is 12.8. The van der Waals surface area contributed by atoms with E-state index in [1.807, 2.05) is 30.3 Å². The normalized spacial score (nSPS) is 12.6. The van der Waals surface area contributed by atoms with Crippen LogP contribution in [0.4, 0.5) is 5.69 Å². The lowest BCUT2D eigenvalue weighted by molar-refractivity contribution is 0.0932. The van der Waals surface area contributed by atoms with Crippen molar-refractivity contribution in [3.63, 3.8) is 0 Å². The van der Waals surface area contributed by atoms with E-state index in [0.717, 1.165) is 12.0 Å². The zero-order valence-electron chi connectivity index (χ0n) is 17.1. The van der Waals surface area contributed by atoms with Crippen molar-refractivity contribution in [1.82, 2.24) is 5.32 Å². The van der Waals surface area contributed by atoms with Gasteiger partial charge in [-0.1, -0.05) is 44.2 Å². The molecule has 0 aromatic heterocycles. The van der Waals surface area contributed by atoms with E-state index in [-0.39, 0.29) is 17.7 Å². The highest BCUT2D eigenvalue weighted by Crippen LogP contribution is 2.23. The summed E-state index contributed by atoms with van der Waals surface area (Å²) in [5, 5.41) is 3.11. The lowest BCUT2D eigenvalue weighted by Crippen LogP contribution is -2.32. The van der Waals surface area contributed by atoms with Crippen molar-refractivity contribution in [2.45, 2.75) is 40.2 Å². The first kappa shape index (κ1) is 22.0. The second-order valence-corrected chi connectivity index (χ2v) is 9.36.